The van der Waals surface area contributed by atoms with Gasteiger partial charge in [-0.25, -0.2) is 9.59 Å². The van der Waals surface area contributed by atoms with Crippen LogP contribution in [0.3, 0.4) is 0 Å². The summed E-state index contributed by atoms with van der Waals surface area (Å²) in [6.07, 6.45) is -5.08. The number of nitrogens with two attached hydrogens (primary N) is 1. The molecule has 0 fully saturated rings. The van der Waals surface area contributed by atoms with Crippen molar-refractivity contribution in [1.29, 1.82) is 0 Å². The van der Waals surface area contributed by atoms with E-state index in [4.69, 9.17) is 25.5 Å². The van der Waals surface area contributed by atoms with Gasteiger partial charge < -0.3 is 20.7 Å². The number of carboxylic acids is 1. The highest BCUT2D eigenvalue weighted by atomic mass is 19.4. The van der Waals surface area contributed by atoms with E-state index in [0.29, 0.717) is 17.9 Å². The first-order valence-electron chi connectivity index (χ1n) is 7.18. The van der Waals surface area contributed by atoms with Gasteiger partial charge in [-0.2, -0.15) is 13.2 Å². The summed E-state index contributed by atoms with van der Waals surface area (Å²) in [5, 5.41) is 16.0. The van der Waals surface area contributed by atoms with Gasteiger partial charge in [0.25, 0.3) is 0 Å². The lowest BCUT2D eigenvalue weighted by Crippen LogP contribution is -2.21. The van der Waals surface area contributed by atoms with Crippen LogP contribution < -0.4 is 10.5 Å². The van der Waals surface area contributed by atoms with Gasteiger partial charge in [-0.1, -0.05) is 24.3 Å². The number of aliphatic hydroxyl groups excluding tert-OH is 1. The topological polar surface area (TPSA) is 110 Å². The molecule has 2 aromatic carbocycles. The van der Waals surface area contributed by atoms with Gasteiger partial charge in [-0.3, -0.25) is 0 Å². The number of carbonyl (C=O) groups excluding carboxylic acids is 1. The number of alkyl halides is 3. The first-order chi connectivity index (χ1) is 12.2. The third-order valence-electron chi connectivity index (χ3n) is 2.98. The summed E-state index contributed by atoms with van der Waals surface area (Å²) in [6.45, 7) is 0.409. The molecular formula is C17H16F3NO5. The molecule has 0 heterocycles. The quantitative estimate of drug-likeness (QED) is 0.563. The van der Waals surface area contributed by atoms with Gasteiger partial charge in [-0.05, 0) is 35.4 Å². The SMILES string of the molecule is NCc1ccc(C(=O)Oc2ccc(CO)cc2)cc1.O=C(O)C(F)(F)F. The minimum Gasteiger partial charge on any atom is -0.475 e. The summed E-state index contributed by atoms with van der Waals surface area (Å²) < 4.78 is 37.0. The summed E-state index contributed by atoms with van der Waals surface area (Å²) in [6, 6.07) is 13.7. The van der Waals surface area contributed by atoms with Crippen molar-refractivity contribution in [1.82, 2.24) is 0 Å². The maximum atomic E-state index is 11.9. The summed E-state index contributed by atoms with van der Waals surface area (Å²) in [7, 11) is 0. The van der Waals surface area contributed by atoms with E-state index in [1.54, 1.807) is 48.5 Å². The fourth-order valence-electron chi connectivity index (χ4n) is 1.61. The Morgan fingerprint density at radius 1 is 0.962 bits per heavy atom. The Hall–Kier alpha value is -2.91. The molecule has 6 nitrogen and oxygen atoms in total. The molecule has 0 unspecified atom stereocenters. The van der Waals surface area contributed by atoms with E-state index < -0.39 is 18.1 Å². The summed E-state index contributed by atoms with van der Waals surface area (Å²) >= 11 is 0. The minimum absolute atomic E-state index is 0.0330. The van der Waals surface area contributed by atoms with Crippen molar-refractivity contribution < 1.29 is 37.7 Å². The van der Waals surface area contributed by atoms with E-state index >= 15 is 0 Å². The molecule has 9 heteroatoms. The molecule has 0 amide bonds. The normalized spacial score (nSPS) is 10.5. The Bertz CT molecular complexity index is 728. The molecule has 4 N–H and O–H groups in total. The molecule has 26 heavy (non-hydrogen) atoms. The van der Waals surface area contributed by atoms with E-state index in [-0.39, 0.29) is 6.61 Å². The second kappa shape index (κ2) is 9.54. The number of carboxylic acid groups (broad SMARTS) is 1. The van der Waals surface area contributed by atoms with Crippen LogP contribution >= 0.6 is 0 Å². The standard InChI is InChI=1S/C15H15NO3.C2HF3O2/c16-9-11-1-5-13(6-2-11)15(18)19-14-7-3-12(10-17)4-8-14;3-2(4,5)1(6)7/h1-8,17H,9-10,16H2;(H,6,7). The van der Waals surface area contributed by atoms with Gasteiger partial charge in [0.2, 0.25) is 0 Å². The van der Waals surface area contributed by atoms with Gasteiger partial charge in [0, 0.05) is 6.54 Å². The lowest BCUT2D eigenvalue weighted by atomic mass is 10.1. The van der Waals surface area contributed by atoms with Crippen LogP contribution in [0.25, 0.3) is 0 Å². The second-order valence-corrected chi connectivity index (χ2v) is 4.90. The third-order valence-corrected chi connectivity index (χ3v) is 2.98. The average molecular weight is 371 g/mol. The van der Waals surface area contributed by atoms with Crippen LogP contribution in [0.5, 0.6) is 5.75 Å². The third kappa shape index (κ3) is 6.91. The number of esters is 1. The van der Waals surface area contributed by atoms with Gasteiger partial charge >= 0.3 is 18.1 Å². The van der Waals surface area contributed by atoms with Crippen LogP contribution in [0.1, 0.15) is 21.5 Å². The minimum atomic E-state index is -5.08. The van der Waals surface area contributed by atoms with Crippen LogP contribution in [0, 0.1) is 0 Å². The molecular weight excluding hydrogens is 355 g/mol. The maximum absolute atomic E-state index is 11.9. The van der Waals surface area contributed by atoms with E-state index in [1.165, 1.54) is 0 Å². The summed E-state index contributed by atoms with van der Waals surface area (Å²) in [5.41, 5.74) is 7.70. The Labute approximate surface area is 146 Å². The van der Waals surface area contributed by atoms with Gasteiger partial charge in [-0.15, -0.1) is 0 Å². The van der Waals surface area contributed by atoms with Crippen LogP contribution in [0.4, 0.5) is 13.2 Å². The molecule has 0 aliphatic carbocycles. The predicted molar refractivity (Wildman–Crippen MR) is 85.3 cm³/mol. The number of halogens is 3. The van der Waals surface area contributed by atoms with Gasteiger partial charge in [0.15, 0.2) is 0 Å². The molecule has 2 aromatic rings. The van der Waals surface area contributed by atoms with Crippen LogP contribution in [0.2, 0.25) is 0 Å². The molecule has 0 bridgehead atoms. The second-order valence-electron chi connectivity index (χ2n) is 4.90. The van der Waals surface area contributed by atoms with Gasteiger partial charge in [0.1, 0.15) is 5.75 Å². The number of hydrogen-bond donors (Lipinski definition) is 3. The first-order valence-corrected chi connectivity index (χ1v) is 7.18. The molecule has 2 rings (SSSR count). The number of benzene rings is 2. The molecule has 0 atom stereocenters. The van der Waals surface area contributed by atoms with Crippen LogP contribution in [-0.4, -0.2) is 28.3 Å². The number of aliphatic carboxylic acids is 1. The van der Waals surface area contributed by atoms with E-state index in [9.17, 15) is 18.0 Å². The van der Waals surface area contributed by atoms with E-state index in [1.807, 2.05) is 0 Å². The molecule has 0 spiro atoms. The molecule has 0 saturated heterocycles. The van der Waals surface area contributed by atoms with E-state index in [0.717, 1.165) is 11.1 Å². The average Bonchev–Trinajstić information content (AvgIpc) is 2.62. The molecule has 0 aliphatic heterocycles. The Morgan fingerprint density at radius 2 is 1.42 bits per heavy atom. The smallest absolute Gasteiger partial charge is 0.475 e. The predicted octanol–water partition coefficient (Wildman–Crippen LogP) is 2.49. The van der Waals surface area contributed by atoms with Crippen molar-refractivity contribution in [3.63, 3.8) is 0 Å². The van der Waals surface area contributed by atoms with Crippen LogP contribution in [-0.2, 0) is 17.9 Å². The highest BCUT2D eigenvalue weighted by molar-refractivity contribution is 5.91. The maximum Gasteiger partial charge on any atom is 0.490 e. The zero-order valence-corrected chi connectivity index (χ0v) is 13.4. The van der Waals surface area contributed by atoms with Crippen molar-refractivity contribution in [2.24, 2.45) is 5.73 Å². The lowest BCUT2D eigenvalue weighted by Gasteiger charge is -2.05. The molecule has 0 aromatic heterocycles. The highest BCUT2D eigenvalue weighted by Gasteiger charge is 2.38. The number of carbonyl (C=O) groups is 2. The largest absolute Gasteiger partial charge is 0.490 e. The zero-order chi connectivity index (χ0) is 19.7. The Morgan fingerprint density at radius 3 is 1.81 bits per heavy atom. The van der Waals surface area contributed by atoms with Crippen molar-refractivity contribution in [3.05, 3.63) is 65.2 Å². The van der Waals surface area contributed by atoms with Crippen molar-refractivity contribution >= 4 is 11.9 Å². The number of ether oxygens (including phenoxy) is 1. The van der Waals surface area contributed by atoms with Crippen molar-refractivity contribution in [3.8, 4) is 5.75 Å². The van der Waals surface area contributed by atoms with Gasteiger partial charge in [0.05, 0.1) is 12.2 Å². The van der Waals surface area contributed by atoms with Crippen molar-refractivity contribution in [2.45, 2.75) is 19.3 Å². The highest BCUT2D eigenvalue weighted by Crippen LogP contribution is 2.15. The lowest BCUT2D eigenvalue weighted by molar-refractivity contribution is -0.192. The summed E-state index contributed by atoms with van der Waals surface area (Å²) in [5.74, 6) is -2.72. The zero-order valence-electron chi connectivity index (χ0n) is 13.4. The van der Waals surface area contributed by atoms with E-state index in [2.05, 4.69) is 0 Å². The number of aliphatic hydroxyl groups is 1. The Kier molecular flexibility index (Phi) is 7.76. The molecule has 140 valence electrons. The monoisotopic (exact) mass is 371 g/mol. The first kappa shape index (κ1) is 21.1. The Balaban J connectivity index is 0.000000412. The fraction of sp³-hybridized carbons (Fsp3) is 0.176. The number of rotatable bonds is 4. The molecule has 0 radical (unpaired) electrons. The molecule has 0 saturated carbocycles. The van der Waals surface area contributed by atoms with Crippen molar-refractivity contribution in [2.75, 3.05) is 0 Å². The fourth-order valence-corrected chi connectivity index (χ4v) is 1.61. The summed E-state index contributed by atoms with van der Waals surface area (Å²) in [4.78, 5) is 20.8. The number of hydrogen-bond acceptors (Lipinski definition) is 5. The molecule has 0 aliphatic rings. The van der Waals surface area contributed by atoms with Crippen LogP contribution in [0.15, 0.2) is 48.5 Å².